The second kappa shape index (κ2) is 6.21. The van der Waals surface area contributed by atoms with E-state index in [1.165, 1.54) is 12.1 Å². The normalized spacial score (nSPS) is 16.6. The SMILES string of the molecule is O=C(O)N1c2cc(Cc3ccc(F)cc3)cnc2OC[C@@H]1CO. The van der Waals surface area contributed by atoms with Crippen molar-refractivity contribution in [3.63, 3.8) is 0 Å². The van der Waals surface area contributed by atoms with Crippen LogP contribution in [0.2, 0.25) is 0 Å². The van der Waals surface area contributed by atoms with E-state index in [0.717, 1.165) is 16.0 Å². The van der Waals surface area contributed by atoms with Gasteiger partial charge in [0.05, 0.1) is 12.6 Å². The maximum absolute atomic E-state index is 12.9. The molecule has 0 saturated carbocycles. The van der Waals surface area contributed by atoms with Gasteiger partial charge in [-0.15, -0.1) is 0 Å². The van der Waals surface area contributed by atoms with Crippen LogP contribution in [0.15, 0.2) is 36.5 Å². The van der Waals surface area contributed by atoms with E-state index in [9.17, 15) is 19.4 Å². The van der Waals surface area contributed by atoms with E-state index in [4.69, 9.17) is 4.74 Å². The number of pyridine rings is 1. The van der Waals surface area contributed by atoms with Gasteiger partial charge in [0.25, 0.3) is 0 Å². The van der Waals surface area contributed by atoms with Gasteiger partial charge in [0, 0.05) is 6.20 Å². The summed E-state index contributed by atoms with van der Waals surface area (Å²) in [7, 11) is 0. The third-order valence-corrected chi connectivity index (χ3v) is 3.66. The Hall–Kier alpha value is -2.67. The lowest BCUT2D eigenvalue weighted by molar-refractivity contribution is 0.161. The van der Waals surface area contributed by atoms with E-state index in [1.807, 2.05) is 0 Å². The Balaban J connectivity index is 1.92. The Labute approximate surface area is 131 Å². The average molecular weight is 318 g/mol. The lowest BCUT2D eigenvalue weighted by atomic mass is 10.1. The van der Waals surface area contributed by atoms with Crippen molar-refractivity contribution in [1.82, 2.24) is 4.98 Å². The topological polar surface area (TPSA) is 82.9 Å². The highest BCUT2D eigenvalue weighted by Crippen LogP contribution is 2.33. The summed E-state index contributed by atoms with van der Waals surface area (Å²) >= 11 is 0. The monoisotopic (exact) mass is 318 g/mol. The van der Waals surface area contributed by atoms with Crippen LogP contribution in [0.25, 0.3) is 0 Å². The first kappa shape index (κ1) is 15.2. The third-order valence-electron chi connectivity index (χ3n) is 3.66. The quantitative estimate of drug-likeness (QED) is 0.905. The molecule has 2 aromatic rings. The van der Waals surface area contributed by atoms with E-state index in [0.29, 0.717) is 12.1 Å². The summed E-state index contributed by atoms with van der Waals surface area (Å²) in [6.45, 7) is -0.284. The molecule has 0 spiro atoms. The number of rotatable bonds is 3. The molecule has 0 aliphatic carbocycles. The van der Waals surface area contributed by atoms with E-state index >= 15 is 0 Å². The molecular formula is C16H15FN2O4. The molecule has 23 heavy (non-hydrogen) atoms. The molecule has 1 aromatic heterocycles. The third kappa shape index (κ3) is 3.09. The van der Waals surface area contributed by atoms with Crippen molar-refractivity contribution >= 4 is 11.8 Å². The Morgan fingerprint density at radius 1 is 1.35 bits per heavy atom. The molecule has 7 heteroatoms. The van der Waals surface area contributed by atoms with E-state index < -0.39 is 12.1 Å². The maximum atomic E-state index is 12.9. The highest BCUT2D eigenvalue weighted by atomic mass is 19.1. The van der Waals surface area contributed by atoms with Gasteiger partial charge in [-0.2, -0.15) is 0 Å². The number of hydrogen-bond donors (Lipinski definition) is 2. The number of benzene rings is 1. The fourth-order valence-electron chi connectivity index (χ4n) is 2.54. The van der Waals surface area contributed by atoms with Crippen LogP contribution < -0.4 is 9.64 Å². The molecule has 0 fully saturated rings. The molecule has 2 N–H and O–H groups in total. The Bertz CT molecular complexity index is 721. The highest BCUT2D eigenvalue weighted by Gasteiger charge is 2.33. The molecule has 1 amide bonds. The molecule has 6 nitrogen and oxygen atoms in total. The first-order valence-electron chi connectivity index (χ1n) is 7.07. The number of nitrogens with zero attached hydrogens (tertiary/aromatic N) is 2. The number of ether oxygens (including phenoxy) is 1. The zero-order valence-electron chi connectivity index (χ0n) is 12.1. The molecule has 1 aliphatic rings. The van der Waals surface area contributed by atoms with Crippen LogP contribution in [0.1, 0.15) is 11.1 Å². The van der Waals surface area contributed by atoms with Crippen LogP contribution in [0, 0.1) is 5.82 Å². The molecule has 1 aliphatic heterocycles. The van der Waals surface area contributed by atoms with Gasteiger partial charge in [0.2, 0.25) is 5.88 Å². The number of aromatic nitrogens is 1. The number of amides is 1. The van der Waals surface area contributed by atoms with E-state index in [-0.39, 0.29) is 24.9 Å². The van der Waals surface area contributed by atoms with Crippen molar-refractivity contribution in [2.75, 3.05) is 18.1 Å². The van der Waals surface area contributed by atoms with Crippen molar-refractivity contribution in [2.24, 2.45) is 0 Å². The smallest absolute Gasteiger partial charge is 0.412 e. The minimum atomic E-state index is -1.17. The zero-order valence-corrected chi connectivity index (χ0v) is 12.1. The van der Waals surface area contributed by atoms with Gasteiger partial charge in [-0.1, -0.05) is 12.1 Å². The summed E-state index contributed by atoms with van der Waals surface area (Å²) in [6.07, 6.45) is 0.911. The summed E-state index contributed by atoms with van der Waals surface area (Å²) in [5, 5.41) is 18.7. The van der Waals surface area contributed by atoms with Crippen LogP contribution in [0.5, 0.6) is 5.88 Å². The molecule has 1 aromatic carbocycles. The summed E-state index contributed by atoms with van der Waals surface area (Å²) in [5.74, 6) is -0.0893. The van der Waals surface area contributed by atoms with Gasteiger partial charge in [-0.05, 0) is 35.7 Å². The van der Waals surface area contributed by atoms with E-state index in [2.05, 4.69) is 4.98 Å². The number of hydrogen-bond acceptors (Lipinski definition) is 4. The van der Waals surface area contributed by atoms with Crippen molar-refractivity contribution in [2.45, 2.75) is 12.5 Å². The van der Waals surface area contributed by atoms with Gasteiger partial charge in [0.15, 0.2) is 0 Å². The van der Waals surface area contributed by atoms with Crippen molar-refractivity contribution in [3.8, 4) is 5.88 Å². The summed E-state index contributed by atoms with van der Waals surface area (Å²) in [4.78, 5) is 16.7. The van der Waals surface area contributed by atoms with Gasteiger partial charge in [0.1, 0.15) is 18.1 Å². The van der Waals surface area contributed by atoms with Gasteiger partial charge >= 0.3 is 6.09 Å². The Morgan fingerprint density at radius 3 is 2.74 bits per heavy atom. The molecule has 0 bridgehead atoms. The molecule has 0 saturated heterocycles. The molecule has 2 heterocycles. The van der Waals surface area contributed by atoms with Crippen LogP contribution in [-0.4, -0.2) is 40.5 Å². The predicted octanol–water partition coefficient (Wildman–Crippen LogP) is 2.05. The molecule has 3 rings (SSSR count). The predicted molar refractivity (Wildman–Crippen MR) is 80.3 cm³/mol. The van der Waals surface area contributed by atoms with Crippen LogP contribution >= 0.6 is 0 Å². The second-order valence-corrected chi connectivity index (χ2v) is 5.27. The van der Waals surface area contributed by atoms with Gasteiger partial charge in [-0.3, -0.25) is 4.90 Å². The first-order valence-corrected chi connectivity index (χ1v) is 7.07. The number of aliphatic hydroxyl groups is 1. The number of fused-ring (bicyclic) bond motifs is 1. The highest BCUT2D eigenvalue weighted by molar-refractivity contribution is 5.89. The molecule has 0 radical (unpaired) electrons. The lowest BCUT2D eigenvalue weighted by Crippen LogP contribution is -2.48. The molecule has 0 unspecified atom stereocenters. The van der Waals surface area contributed by atoms with Crippen LogP contribution in [0.4, 0.5) is 14.9 Å². The minimum Gasteiger partial charge on any atom is -0.474 e. The standard InChI is InChI=1S/C16H15FN2O4/c17-12-3-1-10(2-4-12)5-11-6-14-15(18-7-11)23-9-13(8-20)19(14)16(21)22/h1-4,6-7,13,20H,5,8-9H2,(H,21,22)/t13-/m0/s1. The number of carbonyl (C=O) groups is 1. The Kier molecular flexibility index (Phi) is 4.12. The minimum absolute atomic E-state index is 0.0557. The average Bonchev–Trinajstić information content (AvgIpc) is 2.55. The lowest BCUT2D eigenvalue weighted by Gasteiger charge is -2.33. The molecule has 1 atom stereocenters. The largest absolute Gasteiger partial charge is 0.474 e. The second-order valence-electron chi connectivity index (χ2n) is 5.27. The Morgan fingerprint density at radius 2 is 2.09 bits per heavy atom. The number of aliphatic hydroxyl groups excluding tert-OH is 1. The fraction of sp³-hybridized carbons (Fsp3) is 0.250. The first-order chi connectivity index (χ1) is 11.1. The summed E-state index contributed by atoms with van der Waals surface area (Å²) in [5.41, 5.74) is 1.96. The maximum Gasteiger partial charge on any atom is 0.412 e. The van der Waals surface area contributed by atoms with E-state index in [1.54, 1.807) is 24.4 Å². The number of anilines is 1. The van der Waals surface area contributed by atoms with Crippen molar-refractivity contribution in [1.29, 1.82) is 0 Å². The van der Waals surface area contributed by atoms with Crippen LogP contribution in [0.3, 0.4) is 0 Å². The fourth-order valence-corrected chi connectivity index (χ4v) is 2.54. The summed E-state index contributed by atoms with van der Waals surface area (Å²) in [6, 6.07) is 7.07. The number of halogens is 1. The summed E-state index contributed by atoms with van der Waals surface area (Å²) < 4.78 is 18.4. The molecule has 120 valence electrons. The van der Waals surface area contributed by atoms with Gasteiger partial charge < -0.3 is 14.9 Å². The van der Waals surface area contributed by atoms with Crippen LogP contribution in [-0.2, 0) is 6.42 Å². The zero-order chi connectivity index (χ0) is 16.4. The number of carboxylic acid groups (broad SMARTS) is 1. The van der Waals surface area contributed by atoms with Gasteiger partial charge in [-0.25, -0.2) is 14.2 Å². The van der Waals surface area contributed by atoms with Crippen molar-refractivity contribution in [3.05, 3.63) is 53.5 Å². The van der Waals surface area contributed by atoms with Crippen molar-refractivity contribution < 1.29 is 24.1 Å². The molecular weight excluding hydrogens is 303 g/mol.